The first kappa shape index (κ1) is 22.4. The lowest BCUT2D eigenvalue weighted by molar-refractivity contribution is 0.172. The second kappa shape index (κ2) is 13.3. The minimum absolute atomic E-state index is 0.599. The van der Waals surface area contributed by atoms with E-state index < -0.39 is 0 Å². The summed E-state index contributed by atoms with van der Waals surface area (Å²) in [5.74, 6) is 3.10. The molecule has 0 radical (unpaired) electrons. The number of rotatable bonds is 12. The fourth-order valence-corrected chi connectivity index (χ4v) is 2.53. The zero-order chi connectivity index (χ0) is 20.7. The van der Waals surface area contributed by atoms with Crippen LogP contribution >= 0.6 is 0 Å². The molecule has 7 heteroatoms. The molecule has 0 spiro atoms. The van der Waals surface area contributed by atoms with Gasteiger partial charge in [-0.2, -0.15) is 0 Å². The summed E-state index contributed by atoms with van der Waals surface area (Å²) in [4.78, 5) is 4.26. The molecule has 2 aromatic carbocycles. The Hall–Kier alpha value is -2.93. The number of guanidine groups is 1. The molecule has 2 N–H and O–H groups in total. The lowest BCUT2D eigenvalue weighted by atomic mass is 10.3. The van der Waals surface area contributed by atoms with Gasteiger partial charge in [0.25, 0.3) is 0 Å². The molecule has 0 aliphatic carbocycles. The van der Waals surface area contributed by atoms with E-state index in [1.165, 1.54) is 0 Å². The van der Waals surface area contributed by atoms with Crippen molar-refractivity contribution in [3.63, 3.8) is 0 Å². The SMILES string of the molecule is CN=C(NCCCOc1cccc(OC)c1)Nc1cccc(OCCCOC)c1. The fraction of sp³-hybridized carbons (Fsp3) is 0.409. The van der Waals surface area contributed by atoms with Crippen molar-refractivity contribution in [2.75, 3.05) is 52.9 Å². The van der Waals surface area contributed by atoms with Crippen LogP contribution in [0.2, 0.25) is 0 Å². The number of hydrogen-bond acceptors (Lipinski definition) is 5. The maximum Gasteiger partial charge on any atom is 0.195 e. The number of benzene rings is 2. The molecule has 0 aromatic heterocycles. The number of ether oxygens (including phenoxy) is 4. The van der Waals surface area contributed by atoms with Crippen LogP contribution in [-0.2, 0) is 4.74 Å². The number of hydrogen-bond donors (Lipinski definition) is 2. The van der Waals surface area contributed by atoms with Gasteiger partial charge in [0.1, 0.15) is 17.2 Å². The maximum atomic E-state index is 5.75. The molecule has 0 unspecified atom stereocenters. The van der Waals surface area contributed by atoms with Gasteiger partial charge in [0.15, 0.2) is 5.96 Å². The normalized spacial score (nSPS) is 11.1. The van der Waals surface area contributed by atoms with Gasteiger partial charge < -0.3 is 29.6 Å². The Morgan fingerprint density at radius 1 is 0.862 bits per heavy atom. The van der Waals surface area contributed by atoms with Gasteiger partial charge in [0, 0.05) is 51.6 Å². The van der Waals surface area contributed by atoms with Gasteiger partial charge in [-0.15, -0.1) is 0 Å². The third kappa shape index (κ3) is 8.74. The number of nitrogens with one attached hydrogen (secondary N) is 2. The lowest BCUT2D eigenvalue weighted by Gasteiger charge is -2.13. The molecule has 29 heavy (non-hydrogen) atoms. The third-order valence-corrected chi connectivity index (χ3v) is 4.01. The second-order valence-corrected chi connectivity index (χ2v) is 6.23. The van der Waals surface area contributed by atoms with E-state index in [0.29, 0.717) is 25.8 Å². The lowest BCUT2D eigenvalue weighted by Crippen LogP contribution is -2.32. The van der Waals surface area contributed by atoms with Crippen LogP contribution in [-0.4, -0.2) is 53.6 Å². The van der Waals surface area contributed by atoms with Crippen LogP contribution in [0.5, 0.6) is 17.2 Å². The second-order valence-electron chi connectivity index (χ2n) is 6.23. The highest BCUT2D eigenvalue weighted by Crippen LogP contribution is 2.19. The Morgan fingerprint density at radius 2 is 1.55 bits per heavy atom. The first-order chi connectivity index (χ1) is 14.2. The maximum absolute atomic E-state index is 5.75. The van der Waals surface area contributed by atoms with Gasteiger partial charge in [-0.1, -0.05) is 12.1 Å². The molecule has 0 atom stereocenters. The van der Waals surface area contributed by atoms with Gasteiger partial charge in [-0.25, -0.2) is 0 Å². The summed E-state index contributed by atoms with van der Waals surface area (Å²) in [6.45, 7) is 2.65. The molecule has 0 bridgehead atoms. The average Bonchev–Trinajstić information content (AvgIpc) is 2.76. The van der Waals surface area contributed by atoms with Gasteiger partial charge >= 0.3 is 0 Å². The number of methoxy groups -OCH3 is 2. The summed E-state index contributed by atoms with van der Waals surface area (Å²) < 4.78 is 21.7. The first-order valence-corrected chi connectivity index (χ1v) is 9.71. The van der Waals surface area contributed by atoms with Crippen molar-refractivity contribution in [2.24, 2.45) is 4.99 Å². The third-order valence-electron chi connectivity index (χ3n) is 4.01. The minimum atomic E-state index is 0.599. The summed E-state index contributed by atoms with van der Waals surface area (Å²) in [7, 11) is 5.08. The highest BCUT2D eigenvalue weighted by Gasteiger charge is 2.02. The number of aliphatic imine (C=N–C) groups is 1. The van der Waals surface area contributed by atoms with E-state index in [1.54, 1.807) is 21.3 Å². The molecular formula is C22H31N3O4. The van der Waals surface area contributed by atoms with Gasteiger partial charge in [-0.3, -0.25) is 4.99 Å². The zero-order valence-electron chi connectivity index (χ0n) is 17.4. The highest BCUT2D eigenvalue weighted by molar-refractivity contribution is 5.93. The molecule has 0 aliphatic rings. The van der Waals surface area contributed by atoms with E-state index in [1.807, 2.05) is 48.5 Å². The summed E-state index contributed by atoms with van der Waals surface area (Å²) in [6, 6.07) is 15.4. The largest absolute Gasteiger partial charge is 0.497 e. The predicted octanol–water partition coefficient (Wildman–Crippen LogP) is 3.57. The Balaban J connectivity index is 1.70. The van der Waals surface area contributed by atoms with E-state index in [2.05, 4.69) is 15.6 Å². The predicted molar refractivity (Wildman–Crippen MR) is 117 cm³/mol. The van der Waals surface area contributed by atoms with Crippen LogP contribution in [0.4, 0.5) is 5.69 Å². The molecule has 158 valence electrons. The fourth-order valence-electron chi connectivity index (χ4n) is 2.53. The van der Waals surface area contributed by atoms with E-state index in [4.69, 9.17) is 18.9 Å². The Kier molecular flexibility index (Phi) is 10.2. The molecule has 7 nitrogen and oxygen atoms in total. The molecule has 0 saturated carbocycles. The van der Waals surface area contributed by atoms with Crippen LogP contribution in [0.1, 0.15) is 12.8 Å². The smallest absolute Gasteiger partial charge is 0.195 e. The van der Waals surface area contributed by atoms with Gasteiger partial charge in [0.2, 0.25) is 0 Å². The topological polar surface area (TPSA) is 73.3 Å². The van der Waals surface area contributed by atoms with Gasteiger partial charge in [-0.05, 0) is 30.7 Å². The molecule has 0 amide bonds. The summed E-state index contributed by atoms with van der Waals surface area (Å²) >= 11 is 0. The van der Waals surface area contributed by atoms with Gasteiger partial charge in [0.05, 0.1) is 20.3 Å². The molecule has 0 fully saturated rings. The van der Waals surface area contributed by atoms with Crippen molar-refractivity contribution >= 4 is 11.6 Å². The van der Waals surface area contributed by atoms with E-state index in [-0.39, 0.29) is 0 Å². The number of anilines is 1. The zero-order valence-corrected chi connectivity index (χ0v) is 17.4. The molecule has 0 heterocycles. The summed E-state index contributed by atoms with van der Waals surface area (Å²) in [6.07, 6.45) is 1.69. The molecule has 0 aliphatic heterocycles. The van der Waals surface area contributed by atoms with Crippen molar-refractivity contribution in [3.05, 3.63) is 48.5 Å². The van der Waals surface area contributed by atoms with Crippen molar-refractivity contribution in [2.45, 2.75) is 12.8 Å². The summed E-state index contributed by atoms with van der Waals surface area (Å²) in [5, 5.41) is 6.55. The Labute approximate surface area is 173 Å². The Bertz CT molecular complexity index is 752. The Morgan fingerprint density at radius 3 is 2.28 bits per heavy atom. The minimum Gasteiger partial charge on any atom is -0.497 e. The quantitative estimate of drug-likeness (QED) is 0.322. The van der Waals surface area contributed by atoms with Crippen molar-refractivity contribution in [1.29, 1.82) is 0 Å². The van der Waals surface area contributed by atoms with Crippen LogP contribution in [0, 0.1) is 0 Å². The van der Waals surface area contributed by atoms with E-state index in [9.17, 15) is 0 Å². The van der Waals surface area contributed by atoms with Crippen LogP contribution in [0.25, 0.3) is 0 Å². The first-order valence-electron chi connectivity index (χ1n) is 9.71. The highest BCUT2D eigenvalue weighted by atomic mass is 16.5. The molecule has 0 saturated heterocycles. The van der Waals surface area contributed by atoms with Crippen molar-refractivity contribution in [1.82, 2.24) is 5.32 Å². The van der Waals surface area contributed by atoms with Crippen molar-refractivity contribution < 1.29 is 18.9 Å². The van der Waals surface area contributed by atoms with E-state index >= 15 is 0 Å². The van der Waals surface area contributed by atoms with Crippen LogP contribution in [0.15, 0.2) is 53.5 Å². The molecule has 2 rings (SSSR count). The average molecular weight is 402 g/mol. The molecule has 2 aromatic rings. The monoisotopic (exact) mass is 401 g/mol. The van der Waals surface area contributed by atoms with Crippen molar-refractivity contribution in [3.8, 4) is 17.2 Å². The summed E-state index contributed by atoms with van der Waals surface area (Å²) in [5.41, 5.74) is 0.912. The standard InChI is InChI=1S/C22H31N3O4/c1-23-22(24-12-6-14-28-21-11-5-9-19(17-21)27-3)25-18-8-4-10-20(16-18)29-15-7-13-26-2/h4-5,8-11,16-17H,6-7,12-15H2,1-3H3,(H2,23,24,25). The number of nitrogens with zero attached hydrogens (tertiary/aromatic N) is 1. The van der Waals surface area contributed by atoms with Crippen LogP contribution < -0.4 is 24.8 Å². The molecular weight excluding hydrogens is 370 g/mol. The van der Waals surface area contributed by atoms with Crippen LogP contribution in [0.3, 0.4) is 0 Å². The van der Waals surface area contributed by atoms with E-state index in [0.717, 1.165) is 42.3 Å².